The van der Waals surface area contributed by atoms with E-state index in [9.17, 15) is 14.4 Å². The van der Waals surface area contributed by atoms with Crippen LogP contribution in [0.5, 0.6) is 11.5 Å². The summed E-state index contributed by atoms with van der Waals surface area (Å²) in [5, 5.41) is 5.22. The van der Waals surface area contributed by atoms with Crippen molar-refractivity contribution in [2.24, 2.45) is 0 Å². The summed E-state index contributed by atoms with van der Waals surface area (Å²) in [6, 6.07) is 22.4. The van der Waals surface area contributed by atoms with Gasteiger partial charge in [-0.2, -0.15) is 0 Å². The summed E-state index contributed by atoms with van der Waals surface area (Å²) in [6.07, 6.45) is 2.21. The maximum atomic E-state index is 12.4. The van der Waals surface area contributed by atoms with Crippen LogP contribution in [0.3, 0.4) is 0 Å². The topological polar surface area (TPSA) is 118 Å². The van der Waals surface area contributed by atoms with Crippen LogP contribution in [0.15, 0.2) is 78.9 Å². The Morgan fingerprint density at radius 2 is 1.32 bits per heavy atom. The molecule has 0 fully saturated rings. The summed E-state index contributed by atoms with van der Waals surface area (Å²) in [7, 11) is 0. The van der Waals surface area contributed by atoms with E-state index in [0.29, 0.717) is 42.2 Å². The molecule has 3 aromatic carbocycles. The fourth-order valence-corrected chi connectivity index (χ4v) is 3.34. The van der Waals surface area contributed by atoms with Crippen molar-refractivity contribution < 1.29 is 23.9 Å². The number of carbonyl (C=O) groups is 3. The van der Waals surface area contributed by atoms with Gasteiger partial charge in [0, 0.05) is 23.2 Å². The number of carbonyl (C=O) groups excluding carboxylic acids is 3. The fourth-order valence-electron chi connectivity index (χ4n) is 3.20. The smallest absolute Gasteiger partial charge is 0.269 e. The average molecular weight is 535 g/mol. The zero-order chi connectivity index (χ0) is 27.2. The van der Waals surface area contributed by atoms with Gasteiger partial charge in [-0.15, -0.1) is 0 Å². The molecule has 0 aliphatic carbocycles. The number of thiocarbonyl (C=S) groups is 1. The molecule has 0 unspecified atom stereocenters. The van der Waals surface area contributed by atoms with E-state index >= 15 is 0 Å². The number of rotatable bonds is 11. The molecule has 10 heteroatoms. The third-order valence-corrected chi connectivity index (χ3v) is 5.39. The SMILES string of the molecule is CCCCC(=O)Nc1ccc(C(=O)NNC(=S)NC(=O)c2ccc(OCCOc3ccccc3)cc2)cc1. The van der Waals surface area contributed by atoms with Crippen LogP contribution in [0.1, 0.15) is 46.9 Å². The molecular weight excluding hydrogens is 504 g/mol. The number of hydrogen-bond donors (Lipinski definition) is 4. The monoisotopic (exact) mass is 534 g/mol. The molecule has 0 aliphatic heterocycles. The molecule has 38 heavy (non-hydrogen) atoms. The third-order valence-electron chi connectivity index (χ3n) is 5.19. The van der Waals surface area contributed by atoms with Crippen molar-refractivity contribution in [2.75, 3.05) is 18.5 Å². The van der Waals surface area contributed by atoms with E-state index in [0.717, 1.165) is 18.6 Å². The zero-order valence-corrected chi connectivity index (χ0v) is 21.8. The van der Waals surface area contributed by atoms with Gasteiger partial charge >= 0.3 is 0 Å². The lowest BCUT2D eigenvalue weighted by Crippen LogP contribution is -2.48. The second-order valence-electron chi connectivity index (χ2n) is 8.13. The second kappa shape index (κ2) is 15.0. The Labute approximate surface area is 226 Å². The van der Waals surface area contributed by atoms with E-state index in [1.807, 2.05) is 37.3 Å². The Balaban J connectivity index is 1.37. The molecule has 0 saturated carbocycles. The van der Waals surface area contributed by atoms with Crippen molar-refractivity contribution in [3.05, 3.63) is 90.0 Å². The molecule has 0 aromatic heterocycles. The summed E-state index contributed by atoms with van der Waals surface area (Å²) in [5.74, 6) is 0.396. The molecule has 0 spiro atoms. The van der Waals surface area contributed by atoms with Crippen molar-refractivity contribution in [3.8, 4) is 11.5 Å². The molecule has 0 saturated heterocycles. The molecular formula is C28H30N4O5S. The van der Waals surface area contributed by atoms with Crippen LogP contribution in [-0.2, 0) is 4.79 Å². The van der Waals surface area contributed by atoms with E-state index in [-0.39, 0.29) is 11.0 Å². The minimum absolute atomic E-state index is 0.0672. The third kappa shape index (κ3) is 9.55. The van der Waals surface area contributed by atoms with Crippen molar-refractivity contribution >= 4 is 40.7 Å². The van der Waals surface area contributed by atoms with Crippen LogP contribution in [0, 0.1) is 0 Å². The van der Waals surface area contributed by atoms with Gasteiger partial charge in [-0.25, -0.2) is 0 Å². The molecule has 198 valence electrons. The maximum absolute atomic E-state index is 12.4. The van der Waals surface area contributed by atoms with Gasteiger partial charge in [0.15, 0.2) is 5.11 Å². The van der Waals surface area contributed by atoms with Crippen LogP contribution in [-0.4, -0.2) is 36.0 Å². The number of para-hydroxylation sites is 1. The molecule has 0 atom stereocenters. The first-order valence-corrected chi connectivity index (χ1v) is 12.6. The van der Waals surface area contributed by atoms with Crippen molar-refractivity contribution in [1.29, 1.82) is 0 Å². The number of nitrogens with one attached hydrogen (secondary N) is 4. The average Bonchev–Trinajstić information content (AvgIpc) is 2.94. The number of hydrazine groups is 1. The van der Waals surface area contributed by atoms with Crippen LogP contribution in [0.25, 0.3) is 0 Å². The molecule has 4 N–H and O–H groups in total. The molecule has 3 aromatic rings. The number of unbranched alkanes of at least 4 members (excludes halogenated alkanes) is 1. The van der Waals surface area contributed by atoms with Gasteiger partial charge in [0.1, 0.15) is 24.7 Å². The van der Waals surface area contributed by atoms with Crippen LogP contribution in [0.2, 0.25) is 0 Å². The predicted octanol–water partition coefficient (Wildman–Crippen LogP) is 4.22. The second-order valence-corrected chi connectivity index (χ2v) is 8.53. The van der Waals surface area contributed by atoms with Crippen molar-refractivity contribution in [2.45, 2.75) is 26.2 Å². The summed E-state index contributed by atoms with van der Waals surface area (Å²) in [5.41, 5.74) is 6.25. The normalized spacial score (nSPS) is 10.1. The summed E-state index contributed by atoms with van der Waals surface area (Å²) in [6.45, 7) is 2.76. The molecule has 3 rings (SSSR count). The molecule has 0 aliphatic rings. The quantitative estimate of drug-likeness (QED) is 0.165. The molecule has 0 radical (unpaired) electrons. The van der Waals surface area contributed by atoms with Crippen LogP contribution in [0.4, 0.5) is 5.69 Å². The summed E-state index contributed by atoms with van der Waals surface area (Å²) >= 11 is 5.09. The highest BCUT2D eigenvalue weighted by Crippen LogP contribution is 2.13. The van der Waals surface area contributed by atoms with Crippen molar-refractivity contribution in [1.82, 2.24) is 16.2 Å². The molecule has 0 bridgehead atoms. The number of hydrogen-bond acceptors (Lipinski definition) is 6. The standard InChI is InChI=1S/C28H30N4O5S/c1-2-3-9-25(33)29-22-14-10-21(11-15-22)27(35)31-32-28(38)30-26(34)20-12-16-24(17-13-20)37-19-18-36-23-7-5-4-6-8-23/h4-8,10-17H,2-3,9,18-19H2,1H3,(H,29,33)(H,31,35)(H2,30,32,34,38). The summed E-state index contributed by atoms with van der Waals surface area (Å²) in [4.78, 5) is 36.6. The highest BCUT2D eigenvalue weighted by molar-refractivity contribution is 7.80. The Morgan fingerprint density at radius 3 is 1.95 bits per heavy atom. The van der Waals surface area contributed by atoms with Crippen LogP contribution < -0.4 is 31.0 Å². The first-order chi connectivity index (χ1) is 18.4. The summed E-state index contributed by atoms with van der Waals surface area (Å²) < 4.78 is 11.2. The Kier molecular flexibility index (Phi) is 11.1. The largest absolute Gasteiger partial charge is 0.490 e. The highest BCUT2D eigenvalue weighted by Gasteiger charge is 2.11. The fraction of sp³-hybridized carbons (Fsp3) is 0.214. The van der Waals surface area contributed by atoms with Crippen LogP contribution >= 0.6 is 12.2 Å². The Bertz CT molecular complexity index is 1220. The van der Waals surface area contributed by atoms with Gasteiger partial charge in [-0.1, -0.05) is 31.5 Å². The van der Waals surface area contributed by atoms with E-state index in [4.69, 9.17) is 21.7 Å². The molecule has 9 nitrogen and oxygen atoms in total. The number of amides is 3. The van der Waals surface area contributed by atoms with Crippen molar-refractivity contribution in [3.63, 3.8) is 0 Å². The Hall–Kier alpha value is -4.44. The Morgan fingerprint density at radius 1 is 0.737 bits per heavy atom. The highest BCUT2D eigenvalue weighted by atomic mass is 32.1. The van der Waals surface area contributed by atoms with Gasteiger partial charge in [-0.05, 0) is 79.3 Å². The van der Waals surface area contributed by atoms with E-state index in [1.165, 1.54) is 0 Å². The lowest BCUT2D eigenvalue weighted by atomic mass is 10.2. The van der Waals surface area contributed by atoms with Gasteiger partial charge in [0.2, 0.25) is 5.91 Å². The zero-order valence-electron chi connectivity index (χ0n) is 21.0. The van der Waals surface area contributed by atoms with Gasteiger partial charge in [0.05, 0.1) is 0 Å². The van der Waals surface area contributed by atoms with E-state index in [2.05, 4.69) is 21.5 Å². The first-order valence-electron chi connectivity index (χ1n) is 12.2. The van der Waals surface area contributed by atoms with Gasteiger partial charge in [0.25, 0.3) is 11.8 Å². The lowest BCUT2D eigenvalue weighted by Gasteiger charge is -2.12. The minimum Gasteiger partial charge on any atom is -0.490 e. The predicted molar refractivity (Wildman–Crippen MR) is 149 cm³/mol. The van der Waals surface area contributed by atoms with E-state index in [1.54, 1.807) is 48.5 Å². The number of anilines is 1. The number of ether oxygens (including phenoxy) is 2. The first kappa shape index (κ1) is 28.1. The maximum Gasteiger partial charge on any atom is 0.269 e. The minimum atomic E-state index is -0.455. The lowest BCUT2D eigenvalue weighted by molar-refractivity contribution is -0.116. The van der Waals surface area contributed by atoms with E-state index < -0.39 is 11.8 Å². The van der Waals surface area contributed by atoms with Gasteiger partial charge in [-0.3, -0.25) is 30.6 Å². The molecule has 3 amide bonds. The molecule has 0 heterocycles. The number of benzene rings is 3. The van der Waals surface area contributed by atoms with Gasteiger partial charge < -0.3 is 14.8 Å².